The highest BCUT2D eigenvalue weighted by Crippen LogP contribution is 2.23. The maximum Gasteiger partial charge on any atom is 0.247 e. The number of hydrogen-bond acceptors (Lipinski definition) is 4. The summed E-state index contributed by atoms with van der Waals surface area (Å²) in [5.74, 6) is 0.369. The monoisotopic (exact) mass is 269 g/mol. The molecule has 96 valence electrons. The first-order valence-corrected chi connectivity index (χ1v) is 6.07. The molecular formula is C12H13ClFN3O. The van der Waals surface area contributed by atoms with Gasteiger partial charge in [0.1, 0.15) is 5.82 Å². The van der Waals surface area contributed by atoms with Gasteiger partial charge in [0.05, 0.1) is 11.6 Å². The Morgan fingerprint density at radius 1 is 1.39 bits per heavy atom. The van der Waals surface area contributed by atoms with Crippen molar-refractivity contribution in [3.8, 4) is 11.5 Å². The molecule has 1 aromatic carbocycles. The SMILES string of the molecule is CCCNCc1nnc(-c2ccc(F)c(Cl)c2)o1. The summed E-state index contributed by atoms with van der Waals surface area (Å²) in [4.78, 5) is 0. The first kappa shape index (κ1) is 13.0. The summed E-state index contributed by atoms with van der Waals surface area (Å²) >= 11 is 5.70. The van der Waals surface area contributed by atoms with Crippen molar-refractivity contribution >= 4 is 11.6 Å². The lowest BCUT2D eigenvalue weighted by Gasteiger charge is -1.98. The predicted octanol–water partition coefficient (Wildman–Crippen LogP) is 3.03. The molecule has 0 aliphatic rings. The van der Waals surface area contributed by atoms with Gasteiger partial charge in [-0.2, -0.15) is 0 Å². The molecule has 0 bridgehead atoms. The average Bonchev–Trinajstić information content (AvgIpc) is 2.82. The van der Waals surface area contributed by atoms with E-state index in [0.717, 1.165) is 13.0 Å². The lowest BCUT2D eigenvalue weighted by molar-refractivity contribution is 0.477. The fourth-order valence-electron chi connectivity index (χ4n) is 1.44. The van der Waals surface area contributed by atoms with Crippen molar-refractivity contribution in [1.29, 1.82) is 0 Å². The third kappa shape index (κ3) is 3.05. The third-order valence-corrected chi connectivity index (χ3v) is 2.63. The summed E-state index contributed by atoms with van der Waals surface area (Å²) in [6.45, 7) is 3.49. The lowest BCUT2D eigenvalue weighted by Crippen LogP contribution is -2.13. The van der Waals surface area contributed by atoms with Crippen LogP contribution in [0.4, 0.5) is 4.39 Å². The summed E-state index contributed by atoms with van der Waals surface area (Å²) < 4.78 is 18.5. The highest BCUT2D eigenvalue weighted by molar-refractivity contribution is 6.31. The summed E-state index contributed by atoms with van der Waals surface area (Å²) in [6, 6.07) is 4.29. The second kappa shape index (κ2) is 5.93. The topological polar surface area (TPSA) is 51.0 Å². The van der Waals surface area contributed by atoms with Gasteiger partial charge in [0.2, 0.25) is 11.8 Å². The number of hydrogen-bond donors (Lipinski definition) is 1. The third-order valence-electron chi connectivity index (χ3n) is 2.34. The maximum absolute atomic E-state index is 13.0. The van der Waals surface area contributed by atoms with Crippen LogP contribution in [0, 0.1) is 5.82 Å². The number of nitrogens with one attached hydrogen (secondary N) is 1. The molecule has 0 spiro atoms. The molecule has 2 aromatic rings. The first-order valence-electron chi connectivity index (χ1n) is 5.69. The van der Waals surface area contributed by atoms with Gasteiger partial charge in [-0.1, -0.05) is 18.5 Å². The van der Waals surface area contributed by atoms with Gasteiger partial charge < -0.3 is 9.73 Å². The van der Waals surface area contributed by atoms with E-state index >= 15 is 0 Å². The van der Waals surface area contributed by atoms with Crippen molar-refractivity contribution in [2.24, 2.45) is 0 Å². The van der Waals surface area contributed by atoms with E-state index in [9.17, 15) is 4.39 Å². The largest absolute Gasteiger partial charge is 0.419 e. The van der Waals surface area contributed by atoms with Crippen molar-refractivity contribution in [3.63, 3.8) is 0 Å². The van der Waals surface area contributed by atoms with Crippen LogP contribution in [0.25, 0.3) is 11.5 Å². The summed E-state index contributed by atoms with van der Waals surface area (Å²) in [5.41, 5.74) is 0.607. The number of rotatable bonds is 5. The standard InChI is InChI=1S/C12H13ClFN3O/c1-2-5-15-7-11-16-17-12(18-11)8-3-4-10(14)9(13)6-8/h3-4,6,15H,2,5,7H2,1H3. The second-order valence-corrected chi connectivity index (χ2v) is 4.21. The molecule has 0 aliphatic heterocycles. The molecule has 0 amide bonds. The Hall–Kier alpha value is -1.46. The fourth-order valence-corrected chi connectivity index (χ4v) is 1.62. The zero-order valence-corrected chi connectivity index (χ0v) is 10.7. The van der Waals surface area contributed by atoms with Crippen molar-refractivity contribution < 1.29 is 8.81 Å². The van der Waals surface area contributed by atoms with Crippen LogP contribution in [-0.4, -0.2) is 16.7 Å². The predicted molar refractivity (Wildman–Crippen MR) is 66.7 cm³/mol. The van der Waals surface area contributed by atoms with Crippen molar-refractivity contribution in [1.82, 2.24) is 15.5 Å². The summed E-state index contributed by atoms with van der Waals surface area (Å²) in [5, 5.41) is 11.0. The molecule has 4 nitrogen and oxygen atoms in total. The van der Waals surface area contributed by atoms with E-state index in [1.54, 1.807) is 6.07 Å². The lowest BCUT2D eigenvalue weighted by atomic mass is 10.2. The Kier molecular flexibility index (Phi) is 4.28. The van der Waals surface area contributed by atoms with E-state index < -0.39 is 5.82 Å². The summed E-state index contributed by atoms with van der Waals surface area (Å²) in [7, 11) is 0. The van der Waals surface area contributed by atoms with E-state index in [2.05, 4.69) is 22.4 Å². The van der Waals surface area contributed by atoms with Gasteiger partial charge in [-0.05, 0) is 31.2 Å². The molecule has 0 unspecified atom stereocenters. The first-order chi connectivity index (χ1) is 8.70. The van der Waals surface area contributed by atoms with Crippen LogP contribution < -0.4 is 5.32 Å². The van der Waals surface area contributed by atoms with E-state index in [4.69, 9.17) is 16.0 Å². The van der Waals surface area contributed by atoms with Gasteiger partial charge in [-0.25, -0.2) is 4.39 Å². The molecule has 1 N–H and O–H groups in total. The Morgan fingerprint density at radius 2 is 2.22 bits per heavy atom. The number of benzene rings is 1. The van der Waals surface area contributed by atoms with E-state index in [0.29, 0.717) is 23.9 Å². The number of aromatic nitrogens is 2. The van der Waals surface area contributed by atoms with Crippen LogP contribution in [-0.2, 0) is 6.54 Å². The normalized spacial score (nSPS) is 10.8. The molecule has 0 atom stereocenters. The quantitative estimate of drug-likeness (QED) is 0.848. The maximum atomic E-state index is 13.0. The Labute approximate surface area is 109 Å². The molecule has 0 saturated carbocycles. The smallest absolute Gasteiger partial charge is 0.247 e. The molecular weight excluding hydrogens is 257 g/mol. The van der Waals surface area contributed by atoms with Gasteiger partial charge in [0.15, 0.2) is 0 Å². The fraction of sp³-hybridized carbons (Fsp3) is 0.333. The van der Waals surface area contributed by atoms with Crippen molar-refractivity contribution in [3.05, 3.63) is 34.9 Å². The Balaban J connectivity index is 2.11. The second-order valence-electron chi connectivity index (χ2n) is 3.81. The molecule has 6 heteroatoms. The Morgan fingerprint density at radius 3 is 2.94 bits per heavy atom. The molecule has 18 heavy (non-hydrogen) atoms. The molecule has 0 fully saturated rings. The minimum absolute atomic E-state index is 0.0383. The molecule has 2 rings (SSSR count). The molecule has 0 aliphatic carbocycles. The zero-order valence-electron chi connectivity index (χ0n) is 9.91. The van der Waals surface area contributed by atoms with Gasteiger partial charge in [0.25, 0.3) is 0 Å². The van der Waals surface area contributed by atoms with E-state index in [1.807, 2.05) is 0 Å². The average molecular weight is 270 g/mol. The van der Waals surface area contributed by atoms with E-state index in [1.165, 1.54) is 12.1 Å². The minimum Gasteiger partial charge on any atom is -0.419 e. The Bertz CT molecular complexity index is 530. The zero-order chi connectivity index (χ0) is 13.0. The van der Waals surface area contributed by atoms with Crippen LogP contribution in [0.15, 0.2) is 22.6 Å². The van der Waals surface area contributed by atoms with Gasteiger partial charge in [-0.3, -0.25) is 0 Å². The molecule has 0 saturated heterocycles. The van der Waals surface area contributed by atoms with Gasteiger partial charge >= 0.3 is 0 Å². The number of nitrogens with zero attached hydrogens (tertiary/aromatic N) is 2. The van der Waals surface area contributed by atoms with Crippen LogP contribution in [0.1, 0.15) is 19.2 Å². The number of halogens is 2. The van der Waals surface area contributed by atoms with Gasteiger partial charge in [0, 0.05) is 5.56 Å². The molecule has 1 aromatic heterocycles. The van der Waals surface area contributed by atoms with Crippen molar-refractivity contribution in [2.45, 2.75) is 19.9 Å². The van der Waals surface area contributed by atoms with Gasteiger partial charge in [-0.15, -0.1) is 10.2 Å². The minimum atomic E-state index is -0.468. The molecule has 0 radical (unpaired) electrons. The van der Waals surface area contributed by atoms with Crippen LogP contribution in [0.3, 0.4) is 0 Å². The highest BCUT2D eigenvalue weighted by atomic mass is 35.5. The van der Waals surface area contributed by atoms with Crippen LogP contribution >= 0.6 is 11.6 Å². The van der Waals surface area contributed by atoms with Crippen LogP contribution in [0.5, 0.6) is 0 Å². The van der Waals surface area contributed by atoms with Crippen molar-refractivity contribution in [2.75, 3.05) is 6.54 Å². The molecule has 1 heterocycles. The summed E-state index contributed by atoms with van der Waals surface area (Å²) in [6.07, 6.45) is 1.04. The highest BCUT2D eigenvalue weighted by Gasteiger charge is 2.10. The van der Waals surface area contributed by atoms with E-state index in [-0.39, 0.29) is 5.02 Å². The van der Waals surface area contributed by atoms with Crippen LogP contribution in [0.2, 0.25) is 5.02 Å².